The number of hydroxylamine groups is 1. The Kier molecular flexibility index (Phi) is 2.55. The number of fused-ring (bicyclic) bond motifs is 1. The monoisotopic (exact) mass is 283 g/mol. The second-order valence-corrected chi connectivity index (χ2v) is 5.47. The average Bonchev–Trinajstić information content (AvgIpc) is 2.80. The third-order valence-corrected chi connectivity index (χ3v) is 4.06. The molecule has 1 aromatic rings. The summed E-state index contributed by atoms with van der Waals surface area (Å²) in [4.78, 5) is 5.42. The van der Waals surface area contributed by atoms with E-state index in [0.717, 1.165) is 17.7 Å². The van der Waals surface area contributed by atoms with E-state index in [0.29, 0.717) is 12.5 Å². The molecule has 3 nitrogen and oxygen atoms in total. The number of rotatable bonds is 1. The van der Waals surface area contributed by atoms with Gasteiger partial charge in [-0.25, -0.2) is 0 Å². The van der Waals surface area contributed by atoms with E-state index in [1.54, 1.807) is 0 Å². The van der Waals surface area contributed by atoms with Crippen LogP contribution in [0.2, 0.25) is 0 Å². The Hall–Kier alpha value is -0.420. The zero-order valence-electron chi connectivity index (χ0n) is 9.13. The first-order valence-electron chi connectivity index (χ1n) is 5.46. The fourth-order valence-corrected chi connectivity index (χ4v) is 2.99. The van der Waals surface area contributed by atoms with Crippen LogP contribution < -0.4 is 5.48 Å². The lowest BCUT2D eigenvalue weighted by Crippen LogP contribution is -2.42. The van der Waals surface area contributed by atoms with Crippen LogP contribution in [0.5, 0.6) is 0 Å². The van der Waals surface area contributed by atoms with E-state index in [2.05, 4.69) is 46.5 Å². The van der Waals surface area contributed by atoms with Crippen molar-refractivity contribution in [3.63, 3.8) is 0 Å². The summed E-state index contributed by atoms with van der Waals surface area (Å²) in [5, 5.41) is 0. The summed E-state index contributed by atoms with van der Waals surface area (Å²) < 4.78 is 6.71. The third kappa shape index (κ3) is 1.44. The third-order valence-electron chi connectivity index (χ3n) is 3.56. The predicted octanol–water partition coefficient (Wildman–Crippen LogP) is 2.13. The number of hydrogen-bond donors (Lipinski definition) is 1. The van der Waals surface area contributed by atoms with Crippen LogP contribution in [-0.2, 0) is 15.1 Å². The zero-order chi connectivity index (χ0) is 11.2. The minimum atomic E-state index is -0.145. The van der Waals surface area contributed by atoms with Crippen molar-refractivity contribution in [2.45, 2.75) is 12.5 Å². The molecule has 3 rings (SSSR count). The van der Waals surface area contributed by atoms with Crippen molar-refractivity contribution < 1.29 is 9.57 Å². The molecule has 0 radical (unpaired) electrons. The molecule has 0 amide bonds. The lowest BCUT2D eigenvalue weighted by atomic mass is 9.80. The predicted molar refractivity (Wildman–Crippen MR) is 64.0 cm³/mol. The Labute approximate surface area is 103 Å². The van der Waals surface area contributed by atoms with Crippen molar-refractivity contribution in [2.75, 3.05) is 19.8 Å². The minimum absolute atomic E-state index is 0.145. The summed E-state index contributed by atoms with van der Waals surface area (Å²) >= 11 is 3.53. The molecule has 2 saturated heterocycles. The Morgan fingerprint density at radius 3 is 3.19 bits per heavy atom. The Balaban J connectivity index is 2.11. The summed E-state index contributed by atoms with van der Waals surface area (Å²) in [7, 11) is 0. The summed E-state index contributed by atoms with van der Waals surface area (Å²) in [6, 6.07) is 6.36. The Morgan fingerprint density at radius 2 is 2.31 bits per heavy atom. The second kappa shape index (κ2) is 3.81. The SMILES string of the molecule is Cc1ccc(Br)cc1[C@]12COC[C@H]1CON2. The zero-order valence-corrected chi connectivity index (χ0v) is 10.7. The van der Waals surface area contributed by atoms with Crippen molar-refractivity contribution in [3.05, 3.63) is 33.8 Å². The van der Waals surface area contributed by atoms with E-state index in [9.17, 15) is 0 Å². The molecule has 0 spiro atoms. The van der Waals surface area contributed by atoms with Gasteiger partial charge in [-0.3, -0.25) is 0 Å². The standard InChI is InChI=1S/C12H14BrNO2/c1-8-2-3-10(13)4-11(8)12-7-15-5-9(12)6-16-14-12/h2-4,9,14H,5-7H2,1H3/t9-,12-/m0/s1. The molecule has 2 fully saturated rings. The van der Waals surface area contributed by atoms with Gasteiger partial charge in [0, 0.05) is 10.4 Å². The largest absolute Gasteiger partial charge is 0.379 e. The molecule has 2 atom stereocenters. The number of benzene rings is 1. The van der Waals surface area contributed by atoms with Crippen LogP contribution in [0.1, 0.15) is 11.1 Å². The number of ether oxygens (including phenoxy) is 1. The molecular formula is C12H14BrNO2. The molecule has 86 valence electrons. The van der Waals surface area contributed by atoms with Crippen molar-refractivity contribution >= 4 is 15.9 Å². The van der Waals surface area contributed by atoms with E-state index >= 15 is 0 Å². The molecule has 1 aromatic carbocycles. The van der Waals surface area contributed by atoms with Gasteiger partial charge < -0.3 is 9.57 Å². The molecule has 2 aliphatic heterocycles. The van der Waals surface area contributed by atoms with Gasteiger partial charge in [-0.05, 0) is 30.2 Å². The Morgan fingerprint density at radius 1 is 1.44 bits per heavy atom. The summed E-state index contributed by atoms with van der Waals surface area (Å²) in [6.07, 6.45) is 0. The van der Waals surface area contributed by atoms with Gasteiger partial charge in [0.2, 0.25) is 0 Å². The highest BCUT2D eigenvalue weighted by Gasteiger charge is 2.50. The van der Waals surface area contributed by atoms with Gasteiger partial charge in [0.1, 0.15) is 0 Å². The lowest BCUT2D eigenvalue weighted by molar-refractivity contribution is 0.0249. The highest BCUT2D eigenvalue weighted by Crippen LogP contribution is 2.41. The first-order chi connectivity index (χ1) is 7.72. The lowest BCUT2D eigenvalue weighted by Gasteiger charge is -2.28. The van der Waals surface area contributed by atoms with Crippen molar-refractivity contribution in [2.24, 2.45) is 5.92 Å². The highest BCUT2D eigenvalue weighted by atomic mass is 79.9. The van der Waals surface area contributed by atoms with Gasteiger partial charge in [0.25, 0.3) is 0 Å². The van der Waals surface area contributed by atoms with E-state index in [1.807, 2.05) is 0 Å². The molecular weight excluding hydrogens is 270 g/mol. The first-order valence-corrected chi connectivity index (χ1v) is 6.25. The second-order valence-electron chi connectivity index (χ2n) is 4.56. The normalized spacial score (nSPS) is 33.0. The van der Waals surface area contributed by atoms with Crippen LogP contribution in [0, 0.1) is 12.8 Å². The summed E-state index contributed by atoms with van der Waals surface area (Å²) in [6.45, 7) is 4.33. The van der Waals surface area contributed by atoms with E-state index in [-0.39, 0.29) is 5.54 Å². The fraction of sp³-hybridized carbons (Fsp3) is 0.500. The molecule has 0 saturated carbocycles. The highest BCUT2D eigenvalue weighted by molar-refractivity contribution is 9.10. The Bertz CT molecular complexity index is 411. The molecule has 0 aliphatic carbocycles. The van der Waals surface area contributed by atoms with Crippen molar-refractivity contribution in [1.29, 1.82) is 0 Å². The molecule has 2 heterocycles. The quantitative estimate of drug-likeness (QED) is 0.857. The average molecular weight is 284 g/mol. The molecule has 4 heteroatoms. The number of nitrogens with one attached hydrogen (secondary N) is 1. The smallest absolute Gasteiger partial charge is 0.0989 e. The van der Waals surface area contributed by atoms with E-state index in [4.69, 9.17) is 9.57 Å². The van der Waals surface area contributed by atoms with Crippen molar-refractivity contribution in [3.8, 4) is 0 Å². The van der Waals surface area contributed by atoms with Crippen molar-refractivity contribution in [1.82, 2.24) is 5.48 Å². The minimum Gasteiger partial charge on any atom is -0.379 e. The van der Waals surface area contributed by atoms with E-state index in [1.165, 1.54) is 11.1 Å². The fourth-order valence-electron chi connectivity index (χ4n) is 2.62. The molecule has 0 aromatic heterocycles. The maximum atomic E-state index is 5.61. The molecule has 1 N–H and O–H groups in total. The van der Waals surface area contributed by atoms with Crippen LogP contribution in [0.4, 0.5) is 0 Å². The van der Waals surface area contributed by atoms with Gasteiger partial charge >= 0.3 is 0 Å². The molecule has 16 heavy (non-hydrogen) atoms. The first kappa shape index (κ1) is 10.7. The summed E-state index contributed by atoms with van der Waals surface area (Å²) in [5.74, 6) is 0.417. The van der Waals surface area contributed by atoms with Gasteiger partial charge in [-0.15, -0.1) is 0 Å². The number of aryl methyl sites for hydroxylation is 1. The van der Waals surface area contributed by atoms with Gasteiger partial charge in [-0.1, -0.05) is 22.0 Å². The topological polar surface area (TPSA) is 30.5 Å². The van der Waals surface area contributed by atoms with E-state index < -0.39 is 0 Å². The van der Waals surface area contributed by atoms with Crippen LogP contribution in [0.25, 0.3) is 0 Å². The summed E-state index contributed by atoms with van der Waals surface area (Å²) in [5.41, 5.74) is 5.58. The van der Waals surface area contributed by atoms with Gasteiger partial charge in [0.05, 0.1) is 25.4 Å². The molecule has 0 bridgehead atoms. The maximum Gasteiger partial charge on any atom is 0.0989 e. The van der Waals surface area contributed by atoms with Crippen LogP contribution in [0.3, 0.4) is 0 Å². The maximum absolute atomic E-state index is 5.61. The van der Waals surface area contributed by atoms with Crippen LogP contribution in [0.15, 0.2) is 22.7 Å². The molecule has 0 unspecified atom stereocenters. The van der Waals surface area contributed by atoms with Gasteiger partial charge in [-0.2, -0.15) is 5.48 Å². The van der Waals surface area contributed by atoms with Crippen LogP contribution >= 0.6 is 15.9 Å². The van der Waals surface area contributed by atoms with Crippen LogP contribution in [-0.4, -0.2) is 19.8 Å². The number of halogens is 1. The molecule has 2 aliphatic rings. The van der Waals surface area contributed by atoms with Gasteiger partial charge in [0.15, 0.2) is 0 Å². The number of hydrogen-bond acceptors (Lipinski definition) is 3.